The number of carbonyl (C=O) groups excluding carboxylic acids is 1. The number of pyridine rings is 1. The third-order valence-corrected chi connectivity index (χ3v) is 3.56. The molecule has 0 aliphatic carbocycles. The minimum Gasteiger partial charge on any atom is -0.324 e. The van der Waals surface area contributed by atoms with Crippen molar-refractivity contribution in [3.63, 3.8) is 0 Å². The second-order valence-corrected chi connectivity index (χ2v) is 5.19. The number of hydrogen-bond acceptors (Lipinski definition) is 4. The van der Waals surface area contributed by atoms with Crippen molar-refractivity contribution in [1.29, 1.82) is 0 Å². The van der Waals surface area contributed by atoms with Gasteiger partial charge in [0.2, 0.25) is 5.91 Å². The van der Waals surface area contributed by atoms with Gasteiger partial charge in [-0.05, 0) is 29.6 Å². The summed E-state index contributed by atoms with van der Waals surface area (Å²) in [4.78, 5) is 17.1. The van der Waals surface area contributed by atoms with Gasteiger partial charge in [-0.15, -0.1) is 11.3 Å². The third-order valence-electron chi connectivity index (χ3n) is 2.69. The van der Waals surface area contributed by atoms with Crippen LogP contribution in [0.25, 0.3) is 5.82 Å². The molecule has 0 radical (unpaired) electrons. The number of thiophene rings is 1. The van der Waals surface area contributed by atoms with Gasteiger partial charge in [-0.2, -0.15) is 5.10 Å². The van der Waals surface area contributed by atoms with Gasteiger partial charge in [0, 0.05) is 17.3 Å². The van der Waals surface area contributed by atoms with Crippen LogP contribution in [0.1, 0.15) is 4.88 Å². The quantitative estimate of drug-likeness (QED) is 0.800. The van der Waals surface area contributed by atoms with E-state index in [1.165, 1.54) is 0 Å². The van der Waals surface area contributed by atoms with Crippen LogP contribution < -0.4 is 5.32 Å². The highest BCUT2D eigenvalue weighted by Gasteiger charge is 2.05. The SMILES string of the molecule is O=C(Cc1cccs1)Nc1ccc(-n2cccn2)nc1. The average molecular weight is 284 g/mol. The minimum atomic E-state index is -0.0407. The molecule has 0 saturated carbocycles. The maximum absolute atomic E-state index is 11.8. The molecule has 20 heavy (non-hydrogen) atoms. The highest BCUT2D eigenvalue weighted by atomic mass is 32.1. The number of anilines is 1. The van der Waals surface area contributed by atoms with E-state index in [0.717, 1.165) is 4.88 Å². The molecule has 5 nitrogen and oxygen atoms in total. The summed E-state index contributed by atoms with van der Waals surface area (Å²) in [6.45, 7) is 0. The van der Waals surface area contributed by atoms with E-state index in [1.54, 1.807) is 28.4 Å². The highest BCUT2D eigenvalue weighted by molar-refractivity contribution is 7.10. The first kappa shape index (κ1) is 12.6. The van der Waals surface area contributed by atoms with E-state index in [4.69, 9.17) is 0 Å². The van der Waals surface area contributed by atoms with Crippen molar-refractivity contribution in [2.24, 2.45) is 0 Å². The number of rotatable bonds is 4. The molecule has 1 N–H and O–H groups in total. The Bertz CT molecular complexity index is 675. The predicted octanol–water partition coefficient (Wildman–Crippen LogP) is 2.51. The Hall–Kier alpha value is -2.47. The normalized spacial score (nSPS) is 10.4. The molecule has 3 rings (SSSR count). The summed E-state index contributed by atoms with van der Waals surface area (Å²) in [5.74, 6) is 0.673. The summed E-state index contributed by atoms with van der Waals surface area (Å²) in [6, 6.07) is 9.35. The molecule has 0 spiro atoms. The highest BCUT2D eigenvalue weighted by Crippen LogP contribution is 2.12. The number of nitrogens with zero attached hydrogens (tertiary/aromatic N) is 3. The molecule has 0 bridgehead atoms. The molecule has 0 saturated heterocycles. The minimum absolute atomic E-state index is 0.0407. The predicted molar refractivity (Wildman–Crippen MR) is 78.0 cm³/mol. The van der Waals surface area contributed by atoms with Crippen molar-refractivity contribution in [3.05, 3.63) is 59.2 Å². The van der Waals surface area contributed by atoms with E-state index in [0.29, 0.717) is 17.9 Å². The van der Waals surface area contributed by atoms with E-state index < -0.39 is 0 Å². The maximum Gasteiger partial charge on any atom is 0.229 e. The molecular weight excluding hydrogens is 272 g/mol. The maximum atomic E-state index is 11.8. The van der Waals surface area contributed by atoms with Crippen molar-refractivity contribution < 1.29 is 4.79 Å². The summed E-state index contributed by atoms with van der Waals surface area (Å²) in [5, 5.41) is 8.88. The molecule has 0 aromatic carbocycles. The molecule has 0 unspecified atom stereocenters. The number of nitrogens with one attached hydrogen (secondary N) is 1. The first-order chi connectivity index (χ1) is 9.81. The number of amides is 1. The Kier molecular flexibility index (Phi) is 3.56. The molecule has 6 heteroatoms. The Labute approximate surface area is 119 Å². The smallest absolute Gasteiger partial charge is 0.229 e. The first-order valence-electron chi connectivity index (χ1n) is 6.09. The van der Waals surface area contributed by atoms with Crippen LogP contribution in [0.2, 0.25) is 0 Å². The van der Waals surface area contributed by atoms with Crippen molar-refractivity contribution in [2.45, 2.75) is 6.42 Å². The van der Waals surface area contributed by atoms with Crippen molar-refractivity contribution >= 4 is 22.9 Å². The molecule has 1 amide bonds. The molecule has 0 aliphatic heterocycles. The molecule has 3 aromatic rings. The van der Waals surface area contributed by atoms with Crippen LogP contribution in [0.15, 0.2) is 54.3 Å². The van der Waals surface area contributed by atoms with Gasteiger partial charge >= 0.3 is 0 Å². The molecule has 3 heterocycles. The molecular formula is C14H12N4OS. The van der Waals surface area contributed by atoms with Gasteiger partial charge < -0.3 is 5.32 Å². The molecule has 3 aromatic heterocycles. The Morgan fingerprint density at radius 3 is 2.90 bits per heavy atom. The van der Waals surface area contributed by atoms with Crippen LogP contribution in [-0.4, -0.2) is 20.7 Å². The van der Waals surface area contributed by atoms with Crippen LogP contribution in [0.3, 0.4) is 0 Å². The molecule has 100 valence electrons. The van der Waals surface area contributed by atoms with E-state index >= 15 is 0 Å². The molecule has 0 fully saturated rings. The summed E-state index contributed by atoms with van der Waals surface area (Å²) in [6.07, 6.45) is 5.53. The number of aromatic nitrogens is 3. The fourth-order valence-electron chi connectivity index (χ4n) is 1.78. The van der Waals surface area contributed by atoms with E-state index in [2.05, 4.69) is 15.4 Å². The van der Waals surface area contributed by atoms with Gasteiger partial charge in [0.25, 0.3) is 0 Å². The van der Waals surface area contributed by atoms with Gasteiger partial charge in [0.05, 0.1) is 18.3 Å². The summed E-state index contributed by atoms with van der Waals surface area (Å²) in [7, 11) is 0. The Balaban J connectivity index is 1.65. The molecule has 0 atom stereocenters. The summed E-state index contributed by atoms with van der Waals surface area (Å²) < 4.78 is 1.66. The second-order valence-electron chi connectivity index (χ2n) is 4.16. The lowest BCUT2D eigenvalue weighted by molar-refractivity contribution is -0.115. The second kappa shape index (κ2) is 5.66. The van der Waals surface area contributed by atoms with Gasteiger partial charge in [0.15, 0.2) is 5.82 Å². The monoisotopic (exact) mass is 284 g/mol. The van der Waals surface area contributed by atoms with Crippen LogP contribution in [-0.2, 0) is 11.2 Å². The molecule has 0 aliphatic rings. The van der Waals surface area contributed by atoms with E-state index in [9.17, 15) is 4.79 Å². The number of carbonyl (C=O) groups is 1. The lowest BCUT2D eigenvalue weighted by Gasteiger charge is -2.05. The Morgan fingerprint density at radius 2 is 2.25 bits per heavy atom. The lowest BCUT2D eigenvalue weighted by Crippen LogP contribution is -2.14. The van der Waals surface area contributed by atoms with Crippen LogP contribution in [0.4, 0.5) is 5.69 Å². The van der Waals surface area contributed by atoms with Crippen molar-refractivity contribution in [2.75, 3.05) is 5.32 Å². The largest absolute Gasteiger partial charge is 0.324 e. The van der Waals surface area contributed by atoms with Gasteiger partial charge in [0.1, 0.15) is 0 Å². The van der Waals surface area contributed by atoms with Gasteiger partial charge in [-0.3, -0.25) is 4.79 Å². The summed E-state index contributed by atoms with van der Waals surface area (Å²) in [5.41, 5.74) is 0.683. The van der Waals surface area contributed by atoms with Crippen LogP contribution >= 0.6 is 11.3 Å². The van der Waals surface area contributed by atoms with E-state index in [-0.39, 0.29) is 5.91 Å². The van der Waals surface area contributed by atoms with Crippen LogP contribution in [0.5, 0.6) is 0 Å². The fourth-order valence-corrected chi connectivity index (χ4v) is 2.48. The third kappa shape index (κ3) is 2.92. The summed E-state index contributed by atoms with van der Waals surface area (Å²) >= 11 is 1.57. The lowest BCUT2D eigenvalue weighted by atomic mass is 10.3. The van der Waals surface area contributed by atoms with Crippen molar-refractivity contribution in [3.8, 4) is 5.82 Å². The zero-order valence-electron chi connectivity index (χ0n) is 10.6. The van der Waals surface area contributed by atoms with E-state index in [1.807, 2.05) is 41.9 Å². The van der Waals surface area contributed by atoms with Crippen LogP contribution in [0, 0.1) is 0 Å². The van der Waals surface area contributed by atoms with Crippen molar-refractivity contribution in [1.82, 2.24) is 14.8 Å². The Morgan fingerprint density at radius 1 is 1.30 bits per heavy atom. The standard InChI is InChI=1S/C14H12N4OS/c19-14(9-12-3-1-8-20-12)17-11-4-5-13(15-10-11)18-7-2-6-16-18/h1-8,10H,9H2,(H,17,19). The number of hydrogen-bond donors (Lipinski definition) is 1. The van der Waals surface area contributed by atoms with Gasteiger partial charge in [-0.25, -0.2) is 9.67 Å². The fraction of sp³-hybridized carbons (Fsp3) is 0.0714. The zero-order valence-corrected chi connectivity index (χ0v) is 11.4. The zero-order chi connectivity index (χ0) is 13.8. The average Bonchev–Trinajstić information content (AvgIpc) is 3.12. The topological polar surface area (TPSA) is 59.8 Å². The first-order valence-corrected chi connectivity index (χ1v) is 6.97. The van der Waals surface area contributed by atoms with Gasteiger partial charge in [-0.1, -0.05) is 6.07 Å².